The number of amides is 2. The highest BCUT2D eigenvalue weighted by Gasteiger charge is 2.30. The van der Waals surface area contributed by atoms with Crippen molar-refractivity contribution >= 4 is 29.4 Å². The van der Waals surface area contributed by atoms with E-state index in [0.29, 0.717) is 17.4 Å². The number of benzene rings is 2. The Labute approximate surface area is 190 Å². The molecule has 2 fully saturated rings. The average molecular weight is 465 g/mol. The summed E-state index contributed by atoms with van der Waals surface area (Å²) in [5.41, 5.74) is 0.159. The van der Waals surface area contributed by atoms with Crippen molar-refractivity contribution in [3.63, 3.8) is 0 Å². The van der Waals surface area contributed by atoms with Crippen molar-refractivity contribution in [2.24, 2.45) is 0 Å². The Bertz CT molecular complexity index is 899. The number of nitrogens with one attached hydrogen (secondary N) is 2. The molecule has 2 heterocycles. The van der Waals surface area contributed by atoms with Gasteiger partial charge in [-0.1, -0.05) is 0 Å². The molecule has 172 valence electrons. The third kappa shape index (κ3) is 6.17. The van der Waals surface area contributed by atoms with Crippen LogP contribution in [0.2, 0.25) is 0 Å². The summed E-state index contributed by atoms with van der Waals surface area (Å²) in [5, 5.41) is 5.26. The number of hydrogen-bond acceptors (Lipinski definition) is 4. The van der Waals surface area contributed by atoms with Gasteiger partial charge < -0.3 is 15.5 Å². The summed E-state index contributed by atoms with van der Waals surface area (Å²) in [6, 6.07) is 12.0. The second-order valence-corrected chi connectivity index (χ2v) is 9.34. The predicted octanol–water partition coefficient (Wildman–Crippen LogP) is 5.92. The molecule has 2 N–H and O–H groups in total. The quantitative estimate of drug-likeness (QED) is 0.522. The number of carbonyl (C=O) groups excluding carboxylic acids is 1. The van der Waals surface area contributed by atoms with Crippen molar-refractivity contribution in [1.82, 2.24) is 9.21 Å². The first-order chi connectivity index (χ1) is 15.4. The number of nitrogens with zero attached hydrogens (tertiary/aromatic N) is 2. The maximum Gasteiger partial charge on any atom is 0.416 e. The van der Waals surface area contributed by atoms with Crippen LogP contribution in [0.25, 0.3) is 0 Å². The van der Waals surface area contributed by atoms with E-state index in [4.69, 9.17) is 0 Å². The normalized spacial score (nSPS) is 19.9. The van der Waals surface area contributed by atoms with Gasteiger partial charge in [-0.3, -0.25) is 0 Å². The van der Waals surface area contributed by atoms with Crippen molar-refractivity contribution in [3.05, 3.63) is 54.1 Å². The number of anilines is 2. The highest BCUT2D eigenvalue weighted by Crippen LogP contribution is 2.33. The molecule has 2 amide bonds. The molecule has 4 rings (SSSR count). The predicted molar refractivity (Wildman–Crippen MR) is 122 cm³/mol. The van der Waals surface area contributed by atoms with Crippen LogP contribution in [0.5, 0.6) is 0 Å². The van der Waals surface area contributed by atoms with Crippen LogP contribution in [0.15, 0.2) is 53.4 Å². The van der Waals surface area contributed by atoms with Gasteiger partial charge in [0.15, 0.2) is 0 Å². The topological polar surface area (TPSA) is 47.6 Å². The second-order valence-electron chi connectivity index (χ2n) is 8.21. The van der Waals surface area contributed by atoms with Crippen molar-refractivity contribution < 1.29 is 18.0 Å². The van der Waals surface area contributed by atoms with Crippen LogP contribution in [0.1, 0.15) is 31.2 Å². The Morgan fingerprint density at radius 1 is 0.906 bits per heavy atom. The van der Waals surface area contributed by atoms with Crippen LogP contribution in [-0.2, 0) is 6.18 Å². The molecule has 0 radical (unpaired) electrons. The zero-order chi connectivity index (χ0) is 22.6. The number of likely N-dealkylation sites (tertiary alicyclic amines) is 1. The van der Waals surface area contributed by atoms with E-state index in [0.717, 1.165) is 30.1 Å². The first kappa shape index (κ1) is 22.9. The van der Waals surface area contributed by atoms with Crippen LogP contribution in [0.3, 0.4) is 0 Å². The van der Waals surface area contributed by atoms with Gasteiger partial charge in [0.1, 0.15) is 0 Å². The first-order valence-corrected chi connectivity index (χ1v) is 11.7. The van der Waals surface area contributed by atoms with Crippen LogP contribution >= 0.6 is 11.9 Å². The average Bonchev–Trinajstić information content (AvgIpc) is 3.42. The summed E-state index contributed by atoms with van der Waals surface area (Å²) >= 11 is 1.76. The zero-order valence-corrected chi connectivity index (χ0v) is 18.5. The van der Waals surface area contributed by atoms with Crippen LogP contribution in [-0.4, -0.2) is 47.5 Å². The number of hydrogen-bond donors (Lipinski definition) is 2. The number of urea groups is 1. The summed E-state index contributed by atoms with van der Waals surface area (Å²) in [5.74, 6) is 0. The Hall–Kier alpha value is -2.23. The lowest BCUT2D eigenvalue weighted by atomic mass is 10.2. The molecule has 5 nitrogen and oxygen atoms in total. The summed E-state index contributed by atoms with van der Waals surface area (Å²) < 4.78 is 40.4. The van der Waals surface area contributed by atoms with E-state index in [1.54, 1.807) is 11.9 Å². The molecule has 0 aromatic heterocycles. The maximum absolute atomic E-state index is 12.6. The number of carbonyl (C=O) groups is 1. The summed E-state index contributed by atoms with van der Waals surface area (Å²) in [6.45, 7) is 4.64. The van der Waals surface area contributed by atoms with Crippen LogP contribution in [0, 0.1) is 0 Å². The molecule has 1 atom stereocenters. The number of halogens is 3. The number of alkyl halides is 3. The Balaban J connectivity index is 1.27. The third-order valence-corrected chi connectivity index (χ3v) is 6.99. The second kappa shape index (κ2) is 10.1. The Kier molecular flexibility index (Phi) is 7.27. The number of rotatable bonds is 6. The lowest BCUT2D eigenvalue weighted by molar-refractivity contribution is -0.137. The van der Waals surface area contributed by atoms with E-state index < -0.39 is 17.8 Å². The Morgan fingerprint density at radius 2 is 1.50 bits per heavy atom. The van der Waals surface area contributed by atoms with E-state index in [1.807, 2.05) is 24.3 Å². The van der Waals surface area contributed by atoms with Gasteiger partial charge in [0.2, 0.25) is 0 Å². The third-order valence-electron chi connectivity index (χ3n) is 5.80. The highest BCUT2D eigenvalue weighted by atomic mass is 32.2. The Morgan fingerprint density at radius 3 is 2.09 bits per heavy atom. The van der Waals surface area contributed by atoms with E-state index in [9.17, 15) is 18.0 Å². The van der Waals surface area contributed by atoms with E-state index in [1.165, 1.54) is 50.9 Å². The smallest absolute Gasteiger partial charge is 0.308 e. The van der Waals surface area contributed by atoms with Gasteiger partial charge in [0, 0.05) is 35.4 Å². The molecule has 32 heavy (non-hydrogen) atoms. The molecule has 2 aliphatic heterocycles. The maximum atomic E-state index is 12.6. The largest absolute Gasteiger partial charge is 0.416 e. The molecule has 0 saturated carbocycles. The monoisotopic (exact) mass is 464 g/mol. The summed E-state index contributed by atoms with van der Waals surface area (Å²) in [7, 11) is 0. The highest BCUT2D eigenvalue weighted by molar-refractivity contribution is 7.97. The van der Waals surface area contributed by atoms with Gasteiger partial charge >= 0.3 is 12.2 Å². The lowest BCUT2D eigenvalue weighted by Gasteiger charge is -2.27. The zero-order valence-electron chi connectivity index (χ0n) is 17.7. The van der Waals surface area contributed by atoms with Gasteiger partial charge in [0.05, 0.1) is 5.56 Å². The standard InChI is InChI=1S/C23H27F3N4OS/c24-23(25,26)17-5-7-18(8-6-17)27-22(31)28-19-9-11-21(12-10-19)32-30-15-3-4-20(30)16-29-13-1-2-14-29/h5-12,20H,1-4,13-16H2,(H2,27,28,31). The van der Waals surface area contributed by atoms with Gasteiger partial charge in [-0.2, -0.15) is 13.2 Å². The van der Waals surface area contributed by atoms with Crippen molar-refractivity contribution in [2.45, 2.75) is 42.8 Å². The molecule has 9 heteroatoms. The summed E-state index contributed by atoms with van der Waals surface area (Å²) in [4.78, 5) is 15.9. The molecule has 2 aromatic rings. The molecule has 1 unspecified atom stereocenters. The minimum Gasteiger partial charge on any atom is -0.308 e. The van der Waals surface area contributed by atoms with E-state index in [2.05, 4.69) is 19.8 Å². The van der Waals surface area contributed by atoms with E-state index >= 15 is 0 Å². The molecule has 2 saturated heterocycles. The minimum atomic E-state index is -4.40. The lowest BCUT2D eigenvalue weighted by Crippen LogP contribution is -2.35. The fourth-order valence-corrected chi connectivity index (χ4v) is 5.22. The molecule has 0 bridgehead atoms. The van der Waals surface area contributed by atoms with E-state index in [-0.39, 0.29) is 0 Å². The van der Waals surface area contributed by atoms with Crippen LogP contribution < -0.4 is 10.6 Å². The first-order valence-electron chi connectivity index (χ1n) is 10.9. The van der Waals surface area contributed by atoms with Crippen molar-refractivity contribution in [3.8, 4) is 0 Å². The SMILES string of the molecule is O=C(Nc1ccc(SN2CCCC2CN2CCCC2)cc1)Nc1ccc(C(F)(F)F)cc1. The van der Waals surface area contributed by atoms with Gasteiger partial charge in [-0.05, 0) is 99.3 Å². The molecule has 0 aliphatic carbocycles. The molecule has 2 aliphatic rings. The van der Waals surface area contributed by atoms with Gasteiger partial charge in [-0.25, -0.2) is 9.10 Å². The molecular formula is C23H27F3N4OS. The fraction of sp³-hybridized carbons (Fsp3) is 0.435. The minimum absolute atomic E-state index is 0.292. The molecule has 0 spiro atoms. The molecule has 2 aromatic carbocycles. The summed E-state index contributed by atoms with van der Waals surface area (Å²) in [6.07, 6.45) is 0.661. The van der Waals surface area contributed by atoms with Crippen molar-refractivity contribution in [1.29, 1.82) is 0 Å². The van der Waals surface area contributed by atoms with Gasteiger partial charge in [-0.15, -0.1) is 0 Å². The van der Waals surface area contributed by atoms with Crippen LogP contribution in [0.4, 0.5) is 29.3 Å². The van der Waals surface area contributed by atoms with Gasteiger partial charge in [0.25, 0.3) is 0 Å². The fourth-order valence-electron chi connectivity index (χ4n) is 4.15. The van der Waals surface area contributed by atoms with Crippen molar-refractivity contribution in [2.75, 3.05) is 36.8 Å². The molecular weight excluding hydrogens is 437 g/mol.